The topological polar surface area (TPSA) is 39.7 Å². The number of amides is 1. The van der Waals surface area contributed by atoms with Crippen molar-refractivity contribution in [2.24, 2.45) is 0 Å². The molecule has 0 aliphatic carbocycles. The Labute approximate surface area is 147 Å². The Morgan fingerprint density at radius 2 is 2.08 bits per heavy atom. The number of nitrogens with zero attached hydrogens (tertiary/aromatic N) is 4. The summed E-state index contributed by atoms with van der Waals surface area (Å²) in [6.45, 7) is 4.51. The number of pyridine rings is 1. The van der Waals surface area contributed by atoms with Crippen LogP contribution in [-0.4, -0.2) is 61.0 Å². The summed E-state index contributed by atoms with van der Waals surface area (Å²) in [5, 5.41) is 2.12. The molecule has 2 aromatic heterocycles. The highest BCUT2D eigenvalue weighted by Crippen LogP contribution is 2.19. The van der Waals surface area contributed by atoms with E-state index in [0.717, 1.165) is 45.0 Å². The van der Waals surface area contributed by atoms with Gasteiger partial charge in [0.2, 0.25) is 0 Å². The monoisotopic (exact) mass is 344 g/mol. The molecule has 3 heterocycles. The second-order valence-corrected chi connectivity index (χ2v) is 7.30. The first-order valence-electron chi connectivity index (χ1n) is 8.31. The van der Waals surface area contributed by atoms with Crippen molar-refractivity contribution in [1.82, 2.24) is 14.8 Å². The van der Waals surface area contributed by atoms with Crippen LogP contribution in [0.5, 0.6) is 0 Å². The van der Waals surface area contributed by atoms with Crippen LogP contribution >= 0.6 is 11.3 Å². The van der Waals surface area contributed by atoms with E-state index in [0.29, 0.717) is 5.56 Å². The lowest BCUT2D eigenvalue weighted by atomic mass is 10.2. The molecule has 0 aromatic carbocycles. The quantitative estimate of drug-likeness (QED) is 0.855. The van der Waals surface area contributed by atoms with Crippen molar-refractivity contribution in [2.75, 3.05) is 45.2 Å². The van der Waals surface area contributed by atoms with Gasteiger partial charge in [-0.2, -0.15) is 0 Å². The summed E-state index contributed by atoms with van der Waals surface area (Å²) in [5.41, 5.74) is 0.689. The fourth-order valence-electron chi connectivity index (χ4n) is 3.05. The molecule has 0 spiro atoms. The molecule has 2 aromatic rings. The van der Waals surface area contributed by atoms with Gasteiger partial charge in [-0.15, -0.1) is 11.3 Å². The van der Waals surface area contributed by atoms with Crippen LogP contribution in [-0.2, 0) is 6.54 Å². The van der Waals surface area contributed by atoms with Crippen LogP contribution in [0.3, 0.4) is 0 Å². The molecule has 1 amide bonds. The van der Waals surface area contributed by atoms with Crippen molar-refractivity contribution < 1.29 is 4.79 Å². The third-order valence-electron chi connectivity index (χ3n) is 4.28. The molecule has 0 bridgehead atoms. The minimum absolute atomic E-state index is 0.0878. The summed E-state index contributed by atoms with van der Waals surface area (Å²) in [7, 11) is 3.84. The highest BCUT2D eigenvalue weighted by atomic mass is 32.1. The molecule has 5 nitrogen and oxygen atoms in total. The SMILES string of the molecule is CN(C)c1ncccc1C(=O)N1CCCN(Cc2cccs2)CC1. The van der Waals surface area contributed by atoms with Gasteiger partial charge in [-0.25, -0.2) is 4.98 Å². The van der Waals surface area contributed by atoms with Crippen LogP contribution in [0.15, 0.2) is 35.8 Å². The molecule has 0 saturated carbocycles. The zero-order chi connectivity index (χ0) is 16.9. The molecule has 1 fully saturated rings. The van der Waals surface area contributed by atoms with Crippen LogP contribution in [0.25, 0.3) is 0 Å². The molecule has 3 rings (SSSR count). The first-order chi connectivity index (χ1) is 11.6. The molecule has 0 radical (unpaired) electrons. The van der Waals surface area contributed by atoms with Gasteiger partial charge in [0.1, 0.15) is 5.82 Å². The number of hydrogen-bond donors (Lipinski definition) is 0. The lowest BCUT2D eigenvalue weighted by Crippen LogP contribution is -2.35. The van der Waals surface area contributed by atoms with E-state index in [2.05, 4.69) is 27.4 Å². The maximum Gasteiger partial charge on any atom is 0.257 e. The van der Waals surface area contributed by atoms with Crippen LogP contribution in [0.1, 0.15) is 21.7 Å². The van der Waals surface area contributed by atoms with Crippen LogP contribution < -0.4 is 4.90 Å². The Hall–Kier alpha value is -1.92. The molecule has 1 saturated heterocycles. The van der Waals surface area contributed by atoms with E-state index in [9.17, 15) is 4.79 Å². The molecule has 0 atom stereocenters. The predicted molar refractivity (Wildman–Crippen MR) is 98.7 cm³/mol. The number of anilines is 1. The normalized spacial score (nSPS) is 16.0. The van der Waals surface area contributed by atoms with Crippen molar-refractivity contribution in [3.05, 3.63) is 46.3 Å². The number of aromatic nitrogens is 1. The van der Waals surface area contributed by atoms with Crippen molar-refractivity contribution in [1.29, 1.82) is 0 Å². The summed E-state index contributed by atoms with van der Waals surface area (Å²) in [6, 6.07) is 7.98. The smallest absolute Gasteiger partial charge is 0.257 e. The van der Waals surface area contributed by atoms with Gasteiger partial charge < -0.3 is 9.80 Å². The van der Waals surface area contributed by atoms with Crippen LogP contribution in [0.4, 0.5) is 5.82 Å². The maximum absolute atomic E-state index is 12.9. The molecule has 1 aliphatic heterocycles. The fraction of sp³-hybridized carbons (Fsp3) is 0.444. The summed E-state index contributed by atoms with van der Waals surface area (Å²) >= 11 is 1.80. The first kappa shape index (κ1) is 16.9. The van der Waals surface area contributed by atoms with Crippen molar-refractivity contribution >= 4 is 23.1 Å². The zero-order valence-electron chi connectivity index (χ0n) is 14.3. The summed E-state index contributed by atoms with van der Waals surface area (Å²) in [4.78, 5) is 25.0. The average Bonchev–Trinajstić information content (AvgIpc) is 2.98. The second kappa shape index (κ2) is 7.77. The molecule has 128 valence electrons. The van der Waals surface area contributed by atoms with Crippen molar-refractivity contribution in [3.63, 3.8) is 0 Å². The predicted octanol–water partition coefficient (Wildman–Crippen LogP) is 2.56. The van der Waals surface area contributed by atoms with Gasteiger partial charge in [-0.05, 0) is 30.0 Å². The van der Waals surface area contributed by atoms with Gasteiger partial charge in [0.05, 0.1) is 5.56 Å². The minimum Gasteiger partial charge on any atom is -0.362 e. The van der Waals surface area contributed by atoms with E-state index in [1.54, 1.807) is 17.5 Å². The van der Waals surface area contributed by atoms with Gasteiger partial charge in [0.25, 0.3) is 5.91 Å². The van der Waals surface area contributed by atoms with E-state index >= 15 is 0 Å². The first-order valence-corrected chi connectivity index (χ1v) is 9.19. The number of hydrogen-bond acceptors (Lipinski definition) is 5. The Bertz CT molecular complexity index is 671. The Morgan fingerprint density at radius 1 is 1.21 bits per heavy atom. The van der Waals surface area contributed by atoms with Crippen LogP contribution in [0.2, 0.25) is 0 Å². The third kappa shape index (κ3) is 3.94. The highest BCUT2D eigenvalue weighted by Gasteiger charge is 2.23. The van der Waals surface area contributed by atoms with E-state index < -0.39 is 0 Å². The standard InChI is InChI=1S/C18H24N4OS/c1-20(2)17-16(7-3-8-19-17)18(23)22-10-5-9-21(11-12-22)14-15-6-4-13-24-15/h3-4,6-8,13H,5,9-12,14H2,1-2H3. The van der Waals surface area contributed by atoms with Gasteiger partial charge in [-0.3, -0.25) is 9.69 Å². The lowest BCUT2D eigenvalue weighted by Gasteiger charge is -2.23. The molecule has 0 N–H and O–H groups in total. The van der Waals surface area contributed by atoms with Gasteiger partial charge in [0, 0.05) is 57.9 Å². The summed E-state index contributed by atoms with van der Waals surface area (Å²) in [6.07, 6.45) is 2.74. The van der Waals surface area contributed by atoms with E-state index in [4.69, 9.17) is 0 Å². The molecular formula is C18H24N4OS. The average molecular weight is 344 g/mol. The minimum atomic E-state index is 0.0878. The molecule has 24 heavy (non-hydrogen) atoms. The third-order valence-corrected chi connectivity index (χ3v) is 5.14. The summed E-state index contributed by atoms with van der Waals surface area (Å²) < 4.78 is 0. The molecule has 1 aliphatic rings. The maximum atomic E-state index is 12.9. The number of carbonyl (C=O) groups is 1. The largest absolute Gasteiger partial charge is 0.362 e. The van der Waals surface area contributed by atoms with E-state index in [-0.39, 0.29) is 5.91 Å². The van der Waals surface area contributed by atoms with Gasteiger partial charge in [0.15, 0.2) is 0 Å². The highest BCUT2D eigenvalue weighted by molar-refractivity contribution is 7.09. The molecule has 0 unspecified atom stereocenters. The lowest BCUT2D eigenvalue weighted by molar-refractivity contribution is 0.0761. The van der Waals surface area contributed by atoms with E-state index in [1.807, 2.05) is 36.0 Å². The fourth-order valence-corrected chi connectivity index (χ4v) is 3.79. The summed E-state index contributed by atoms with van der Waals surface area (Å²) in [5.74, 6) is 0.826. The molecular weight excluding hydrogens is 320 g/mol. The number of thiophene rings is 1. The van der Waals surface area contributed by atoms with E-state index in [1.165, 1.54) is 4.88 Å². The van der Waals surface area contributed by atoms with Crippen molar-refractivity contribution in [3.8, 4) is 0 Å². The number of carbonyl (C=O) groups excluding carboxylic acids is 1. The zero-order valence-corrected chi connectivity index (χ0v) is 15.1. The Morgan fingerprint density at radius 3 is 2.83 bits per heavy atom. The van der Waals surface area contributed by atoms with Crippen molar-refractivity contribution in [2.45, 2.75) is 13.0 Å². The Kier molecular flexibility index (Phi) is 5.48. The molecule has 6 heteroatoms. The van der Waals surface area contributed by atoms with Gasteiger partial charge in [-0.1, -0.05) is 6.07 Å². The number of rotatable bonds is 4. The second-order valence-electron chi connectivity index (χ2n) is 6.27. The Balaban J connectivity index is 1.66. The van der Waals surface area contributed by atoms with Gasteiger partial charge >= 0.3 is 0 Å². The van der Waals surface area contributed by atoms with Crippen LogP contribution in [0, 0.1) is 0 Å².